The minimum Gasteiger partial charge on any atom is -0.348 e. The van der Waals surface area contributed by atoms with Crippen LogP contribution in [-0.2, 0) is 20.1 Å². The van der Waals surface area contributed by atoms with Crippen LogP contribution >= 0.6 is 23.2 Å². The highest BCUT2D eigenvalue weighted by Gasteiger charge is 2.13. The molecule has 8 heteroatoms. The van der Waals surface area contributed by atoms with Crippen LogP contribution in [-0.4, -0.2) is 20.0 Å². The van der Waals surface area contributed by atoms with E-state index in [1.54, 1.807) is 54.5 Å². The minimum atomic E-state index is -0.240. The minimum absolute atomic E-state index is 0.123. The lowest BCUT2D eigenvalue weighted by atomic mass is 9.98. The second-order valence-corrected chi connectivity index (χ2v) is 8.71. The van der Waals surface area contributed by atoms with Crippen molar-refractivity contribution in [3.8, 4) is 11.1 Å². The van der Waals surface area contributed by atoms with Gasteiger partial charge < -0.3 is 9.88 Å². The Kier molecular flexibility index (Phi) is 6.67. The van der Waals surface area contributed by atoms with E-state index in [-0.39, 0.29) is 18.1 Å². The third-order valence-electron chi connectivity index (χ3n) is 5.32. The van der Waals surface area contributed by atoms with Crippen LogP contribution in [0.1, 0.15) is 27.2 Å². The van der Waals surface area contributed by atoms with Gasteiger partial charge in [-0.15, -0.1) is 0 Å². The largest absolute Gasteiger partial charge is 0.348 e. The summed E-state index contributed by atoms with van der Waals surface area (Å²) in [4.78, 5) is 29.8. The van der Waals surface area contributed by atoms with Gasteiger partial charge in [0.05, 0.1) is 6.54 Å². The summed E-state index contributed by atoms with van der Waals surface area (Å²) in [6.07, 6.45) is 5.17. The van der Waals surface area contributed by atoms with Crippen LogP contribution in [0.15, 0.2) is 71.9 Å². The first kappa shape index (κ1) is 22.8. The zero-order valence-corrected chi connectivity index (χ0v) is 19.7. The van der Waals surface area contributed by atoms with Gasteiger partial charge in [-0.25, -0.2) is 4.79 Å². The summed E-state index contributed by atoms with van der Waals surface area (Å²) in [5.41, 5.74) is 4.64. The van der Waals surface area contributed by atoms with Gasteiger partial charge >= 0.3 is 5.69 Å². The van der Waals surface area contributed by atoms with Crippen molar-refractivity contribution in [3.63, 3.8) is 0 Å². The molecule has 2 aromatic heterocycles. The molecule has 0 atom stereocenters. The first-order valence-corrected chi connectivity index (χ1v) is 11.1. The highest BCUT2D eigenvalue weighted by atomic mass is 35.5. The lowest BCUT2D eigenvalue weighted by Crippen LogP contribution is -2.24. The molecule has 0 saturated heterocycles. The van der Waals surface area contributed by atoms with E-state index in [1.807, 2.05) is 31.2 Å². The topological polar surface area (TPSA) is 68.9 Å². The Morgan fingerprint density at radius 3 is 2.45 bits per heavy atom. The normalized spacial score (nSPS) is 10.9. The second kappa shape index (κ2) is 9.65. The molecule has 2 aromatic carbocycles. The van der Waals surface area contributed by atoms with Crippen LogP contribution < -0.4 is 11.0 Å². The van der Waals surface area contributed by atoms with Crippen LogP contribution in [0.4, 0.5) is 0 Å². The number of imidazole rings is 1. The Morgan fingerprint density at radius 2 is 1.79 bits per heavy atom. The van der Waals surface area contributed by atoms with Gasteiger partial charge in [-0.2, -0.15) is 0 Å². The number of aromatic nitrogens is 3. The molecule has 0 saturated carbocycles. The van der Waals surface area contributed by atoms with Crippen molar-refractivity contribution < 1.29 is 4.79 Å². The Balaban J connectivity index is 1.67. The predicted molar refractivity (Wildman–Crippen MR) is 131 cm³/mol. The summed E-state index contributed by atoms with van der Waals surface area (Å²) in [5.74, 6) is -0.240. The number of nitrogens with zero attached hydrogens (tertiary/aromatic N) is 3. The van der Waals surface area contributed by atoms with Crippen molar-refractivity contribution >= 4 is 29.1 Å². The second-order valence-electron chi connectivity index (χ2n) is 7.83. The van der Waals surface area contributed by atoms with Crippen LogP contribution in [0.2, 0.25) is 10.0 Å². The first-order valence-electron chi connectivity index (χ1n) is 10.3. The number of halogens is 2. The number of pyridine rings is 1. The van der Waals surface area contributed by atoms with Gasteiger partial charge in [0, 0.05) is 59.0 Å². The maximum Gasteiger partial charge on any atom is 0.328 e. The molecule has 6 nitrogen and oxygen atoms in total. The van der Waals surface area contributed by atoms with E-state index in [9.17, 15) is 9.59 Å². The standard InChI is InChI=1S/C25H22Cl2N4O2/c1-16-23(4-3-5-28-16)19-8-18(15-31-7-6-30(2)25(31)33)9-20(12-19)24(32)29-14-17-10-21(26)13-22(27)11-17/h3-13H,14-15H2,1-2H3,(H,29,32). The lowest BCUT2D eigenvalue weighted by molar-refractivity contribution is 0.0951. The van der Waals surface area contributed by atoms with E-state index in [2.05, 4.69) is 10.3 Å². The molecule has 1 N–H and O–H groups in total. The average molecular weight is 481 g/mol. The van der Waals surface area contributed by atoms with E-state index in [4.69, 9.17) is 23.2 Å². The fourth-order valence-corrected chi connectivity index (χ4v) is 4.26. The van der Waals surface area contributed by atoms with Gasteiger partial charge in [-0.05, 0) is 66.1 Å². The quantitative estimate of drug-likeness (QED) is 0.429. The van der Waals surface area contributed by atoms with Crippen molar-refractivity contribution in [2.24, 2.45) is 7.05 Å². The smallest absolute Gasteiger partial charge is 0.328 e. The van der Waals surface area contributed by atoms with Gasteiger partial charge in [0.25, 0.3) is 5.91 Å². The number of aryl methyl sites for hydroxylation is 2. The fourth-order valence-electron chi connectivity index (χ4n) is 3.68. The number of hydrogen-bond acceptors (Lipinski definition) is 3. The van der Waals surface area contributed by atoms with Crippen LogP contribution in [0, 0.1) is 6.92 Å². The molecule has 33 heavy (non-hydrogen) atoms. The van der Waals surface area contributed by atoms with Gasteiger partial charge in [0.2, 0.25) is 0 Å². The zero-order valence-electron chi connectivity index (χ0n) is 18.2. The highest BCUT2D eigenvalue weighted by molar-refractivity contribution is 6.34. The lowest BCUT2D eigenvalue weighted by Gasteiger charge is -2.12. The number of carbonyl (C=O) groups excluding carboxylic acids is 1. The molecule has 0 bridgehead atoms. The van der Waals surface area contributed by atoms with Crippen molar-refractivity contribution in [3.05, 3.63) is 110 Å². The number of benzene rings is 2. The first-order chi connectivity index (χ1) is 15.8. The number of amides is 1. The molecule has 0 spiro atoms. The number of rotatable bonds is 6. The molecule has 0 fully saturated rings. The van der Waals surface area contributed by atoms with Crippen molar-refractivity contribution in [2.45, 2.75) is 20.0 Å². The van der Waals surface area contributed by atoms with E-state index in [0.717, 1.165) is 27.9 Å². The van der Waals surface area contributed by atoms with Gasteiger partial charge in [0.1, 0.15) is 0 Å². The molecule has 0 radical (unpaired) electrons. The molecular formula is C25H22Cl2N4O2. The Labute approximate surface area is 201 Å². The number of nitrogens with one attached hydrogen (secondary N) is 1. The summed E-state index contributed by atoms with van der Waals surface area (Å²) in [7, 11) is 1.70. The fraction of sp³-hybridized carbons (Fsp3) is 0.160. The van der Waals surface area contributed by atoms with Crippen molar-refractivity contribution in [1.29, 1.82) is 0 Å². The van der Waals surface area contributed by atoms with E-state index >= 15 is 0 Å². The van der Waals surface area contributed by atoms with Gasteiger partial charge in [-0.3, -0.25) is 14.3 Å². The Bertz CT molecular complexity index is 1370. The van der Waals surface area contributed by atoms with Crippen molar-refractivity contribution in [2.75, 3.05) is 0 Å². The van der Waals surface area contributed by atoms with Crippen molar-refractivity contribution in [1.82, 2.24) is 19.4 Å². The van der Waals surface area contributed by atoms with Crippen LogP contribution in [0.5, 0.6) is 0 Å². The van der Waals surface area contributed by atoms with E-state index in [0.29, 0.717) is 22.2 Å². The van der Waals surface area contributed by atoms with E-state index < -0.39 is 0 Å². The summed E-state index contributed by atoms with van der Waals surface area (Å²) in [5, 5.41) is 3.95. The van der Waals surface area contributed by atoms with Gasteiger partial charge in [0.15, 0.2) is 0 Å². The monoisotopic (exact) mass is 480 g/mol. The zero-order chi connectivity index (χ0) is 23.5. The molecule has 4 rings (SSSR count). The average Bonchev–Trinajstić information content (AvgIpc) is 3.09. The molecule has 4 aromatic rings. The third-order valence-corrected chi connectivity index (χ3v) is 5.76. The predicted octanol–water partition coefficient (Wildman–Crippen LogP) is 4.84. The number of carbonyl (C=O) groups is 1. The summed E-state index contributed by atoms with van der Waals surface area (Å²) >= 11 is 12.1. The summed E-state index contributed by atoms with van der Waals surface area (Å²) in [6.45, 7) is 2.55. The third kappa shape index (κ3) is 5.35. The Morgan fingerprint density at radius 1 is 1.03 bits per heavy atom. The molecule has 2 heterocycles. The molecule has 0 unspecified atom stereocenters. The van der Waals surface area contributed by atoms with Crippen LogP contribution in [0.25, 0.3) is 11.1 Å². The SMILES string of the molecule is Cc1ncccc1-c1cc(Cn2ccn(C)c2=O)cc(C(=O)NCc2cc(Cl)cc(Cl)c2)c1. The number of hydrogen-bond donors (Lipinski definition) is 1. The highest BCUT2D eigenvalue weighted by Crippen LogP contribution is 2.25. The molecule has 168 valence electrons. The molecular weight excluding hydrogens is 459 g/mol. The summed E-state index contributed by atoms with van der Waals surface area (Å²) < 4.78 is 3.11. The van der Waals surface area contributed by atoms with Crippen LogP contribution in [0.3, 0.4) is 0 Å². The maximum atomic E-state index is 13.1. The van der Waals surface area contributed by atoms with Gasteiger partial charge in [-0.1, -0.05) is 29.3 Å². The van der Waals surface area contributed by atoms with E-state index in [1.165, 1.54) is 4.57 Å². The molecule has 0 aliphatic carbocycles. The Hall–Kier alpha value is -3.35. The maximum absolute atomic E-state index is 13.1. The summed E-state index contributed by atoms with van der Waals surface area (Å²) in [6, 6.07) is 14.6. The molecule has 0 aliphatic heterocycles. The molecule has 0 aliphatic rings. The molecule has 1 amide bonds.